The Kier molecular flexibility index (Phi) is 4.74. The van der Waals surface area contributed by atoms with Gasteiger partial charge in [-0.15, -0.1) is 0 Å². The van der Waals surface area contributed by atoms with E-state index in [1.165, 1.54) is 0 Å². The van der Waals surface area contributed by atoms with Crippen molar-refractivity contribution in [3.63, 3.8) is 0 Å². The van der Waals surface area contributed by atoms with Gasteiger partial charge in [0.05, 0.1) is 20.3 Å². The van der Waals surface area contributed by atoms with Crippen LogP contribution in [0.3, 0.4) is 0 Å². The molecule has 4 nitrogen and oxygen atoms in total. The van der Waals surface area contributed by atoms with E-state index in [9.17, 15) is 4.79 Å². The topological polar surface area (TPSA) is 38.8 Å². The second-order valence-corrected chi connectivity index (χ2v) is 6.13. The Bertz CT molecular complexity index is 741. The van der Waals surface area contributed by atoms with Crippen LogP contribution in [0.15, 0.2) is 42.5 Å². The fraction of sp³-hybridized carbons (Fsp3) is 0.350. The molecule has 4 heteroatoms. The fourth-order valence-corrected chi connectivity index (χ4v) is 3.37. The van der Waals surface area contributed by atoms with Gasteiger partial charge in [-0.05, 0) is 44.0 Å². The number of likely N-dealkylation sites (tertiary alicyclic amines) is 1. The van der Waals surface area contributed by atoms with Gasteiger partial charge in [-0.25, -0.2) is 0 Å². The van der Waals surface area contributed by atoms with Gasteiger partial charge in [0.2, 0.25) is 0 Å². The molecule has 2 aromatic rings. The number of carbonyl (C=O) groups is 1. The number of rotatable bonds is 4. The zero-order valence-corrected chi connectivity index (χ0v) is 14.4. The van der Waals surface area contributed by atoms with Gasteiger partial charge in [0.15, 0.2) is 0 Å². The fourth-order valence-electron chi connectivity index (χ4n) is 3.37. The molecule has 0 bridgehead atoms. The van der Waals surface area contributed by atoms with Gasteiger partial charge >= 0.3 is 0 Å². The summed E-state index contributed by atoms with van der Waals surface area (Å²) in [5.41, 5.74) is 2.88. The molecule has 0 saturated carbocycles. The summed E-state index contributed by atoms with van der Waals surface area (Å²) in [7, 11) is 3.29. The first-order valence-electron chi connectivity index (χ1n) is 8.23. The van der Waals surface area contributed by atoms with Gasteiger partial charge in [0, 0.05) is 23.7 Å². The molecule has 1 heterocycles. The summed E-state index contributed by atoms with van der Waals surface area (Å²) in [6.07, 6.45) is 1.94. The van der Waals surface area contributed by atoms with E-state index >= 15 is 0 Å². The summed E-state index contributed by atoms with van der Waals surface area (Å²) in [4.78, 5) is 14.9. The molecule has 3 rings (SSSR count). The molecule has 0 N–H and O–H groups in total. The van der Waals surface area contributed by atoms with E-state index in [0.29, 0.717) is 0 Å². The average molecular weight is 325 g/mol. The van der Waals surface area contributed by atoms with Crippen LogP contribution in [0.5, 0.6) is 11.5 Å². The number of ether oxygens (including phenoxy) is 2. The Labute approximate surface area is 143 Å². The predicted molar refractivity (Wildman–Crippen MR) is 93.7 cm³/mol. The van der Waals surface area contributed by atoms with E-state index in [1.54, 1.807) is 14.2 Å². The maximum Gasteiger partial charge on any atom is 0.254 e. The predicted octanol–water partition coefficient (Wildman–Crippen LogP) is 3.99. The highest BCUT2D eigenvalue weighted by Gasteiger charge is 2.32. The van der Waals surface area contributed by atoms with Crippen LogP contribution in [0.25, 0.3) is 0 Å². The maximum absolute atomic E-state index is 13.0. The molecule has 1 amide bonds. The smallest absolute Gasteiger partial charge is 0.254 e. The summed E-state index contributed by atoms with van der Waals surface area (Å²) in [5, 5.41) is 0. The minimum atomic E-state index is 0.0406. The largest absolute Gasteiger partial charge is 0.497 e. The Morgan fingerprint density at radius 3 is 2.67 bits per heavy atom. The summed E-state index contributed by atoms with van der Waals surface area (Å²) in [5.74, 6) is 1.60. The van der Waals surface area contributed by atoms with Crippen molar-refractivity contribution >= 4 is 5.91 Å². The van der Waals surface area contributed by atoms with Crippen LogP contribution in [0.4, 0.5) is 0 Å². The van der Waals surface area contributed by atoms with Crippen LogP contribution in [0, 0.1) is 6.92 Å². The molecule has 1 atom stereocenters. The molecule has 1 unspecified atom stereocenters. The SMILES string of the molecule is COc1ccc(C2CCCN2C(=O)c2cccc(C)c2)c(OC)c1. The van der Waals surface area contributed by atoms with Crippen molar-refractivity contribution in [3.05, 3.63) is 59.2 Å². The summed E-state index contributed by atoms with van der Waals surface area (Å²) < 4.78 is 10.8. The Morgan fingerprint density at radius 2 is 1.96 bits per heavy atom. The number of aryl methyl sites for hydroxylation is 1. The molecule has 24 heavy (non-hydrogen) atoms. The molecular formula is C20H23NO3. The highest BCUT2D eigenvalue weighted by atomic mass is 16.5. The highest BCUT2D eigenvalue weighted by Crippen LogP contribution is 2.39. The summed E-state index contributed by atoms with van der Waals surface area (Å²) in [6, 6.07) is 13.6. The molecule has 0 aromatic heterocycles. The minimum Gasteiger partial charge on any atom is -0.497 e. The highest BCUT2D eigenvalue weighted by molar-refractivity contribution is 5.95. The van der Waals surface area contributed by atoms with Crippen LogP contribution >= 0.6 is 0 Å². The second-order valence-electron chi connectivity index (χ2n) is 6.13. The van der Waals surface area contributed by atoms with E-state index < -0.39 is 0 Å². The van der Waals surface area contributed by atoms with Crippen molar-refractivity contribution in [2.24, 2.45) is 0 Å². The van der Waals surface area contributed by atoms with Crippen molar-refractivity contribution in [3.8, 4) is 11.5 Å². The van der Waals surface area contributed by atoms with Crippen molar-refractivity contribution < 1.29 is 14.3 Å². The Hall–Kier alpha value is -2.49. The van der Waals surface area contributed by atoms with E-state index in [2.05, 4.69) is 0 Å². The van der Waals surface area contributed by atoms with Crippen LogP contribution < -0.4 is 9.47 Å². The monoisotopic (exact) mass is 325 g/mol. The molecule has 1 aliphatic rings. The molecule has 1 aliphatic heterocycles. The lowest BCUT2D eigenvalue weighted by molar-refractivity contribution is 0.0734. The summed E-state index contributed by atoms with van der Waals surface area (Å²) >= 11 is 0. The molecule has 0 aliphatic carbocycles. The zero-order chi connectivity index (χ0) is 17.1. The van der Waals surface area contributed by atoms with Gasteiger partial charge < -0.3 is 14.4 Å². The van der Waals surface area contributed by atoms with Gasteiger partial charge in [-0.3, -0.25) is 4.79 Å². The number of methoxy groups -OCH3 is 2. The van der Waals surface area contributed by atoms with Gasteiger partial charge in [0.25, 0.3) is 5.91 Å². The van der Waals surface area contributed by atoms with E-state index in [0.717, 1.165) is 47.6 Å². The van der Waals surface area contributed by atoms with Crippen LogP contribution in [0.2, 0.25) is 0 Å². The lowest BCUT2D eigenvalue weighted by atomic mass is 10.0. The molecule has 1 fully saturated rings. The van der Waals surface area contributed by atoms with Gasteiger partial charge in [0.1, 0.15) is 11.5 Å². The third kappa shape index (κ3) is 3.09. The first-order chi connectivity index (χ1) is 11.6. The number of nitrogens with zero attached hydrogens (tertiary/aromatic N) is 1. The van der Waals surface area contributed by atoms with E-state index in [4.69, 9.17) is 9.47 Å². The lowest BCUT2D eigenvalue weighted by Gasteiger charge is -2.26. The first kappa shape index (κ1) is 16.4. The van der Waals surface area contributed by atoms with Gasteiger partial charge in [-0.1, -0.05) is 17.7 Å². The lowest BCUT2D eigenvalue weighted by Crippen LogP contribution is -2.30. The summed E-state index contributed by atoms with van der Waals surface area (Å²) in [6.45, 7) is 2.78. The van der Waals surface area contributed by atoms with Crippen molar-refractivity contribution in [2.75, 3.05) is 20.8 Å². The van der Waals surface area contributed by atoms with Crippen LogP contribution in [-0.2, 0) is 0 Å². The molecular weight excluding hydrogens is 302 g/mol. The normalized spacial score (nSPS) is 17.0. The molecule has 1 saturated heterocycles. The van der Waals surface area contributed by atoms with Crippen molar-refractivity contribution in [2.45, 2.75) is 25.8 Å². The van der Waals surface area contributed by atoms with E-state index in [-0.39, 0.29) is 11.9 Å². The van der Waals surface area contributed by atoms with Crippen molar-refractivity contribution in [1.29, 1.82) is 0 Å². The second kappa shape index (κ2) is 6.95. The molecule has 0 spiro atoms. The maximum atomic E-state index is 13.0. The molecule has 2 aromatic carbocycles. The molecule has 0 radical (unpaired) electrons. The third-order valence-electron chi connectivity index (χ3n) is 4.58. The zero-order valence-electron chi connectivity index (χ0n) is 14.4. The Balaban J connectivity index is 1.92. The van der Waals surface area contributed by atoms with Gasteiger partial charge in [-0.2, -0.15) is 0 Å². The number of amides is 1. The number of carbonyl (C=O) groups excluding carboxylic acids is 1. The standard InChI is InChI=1S/C20H23NO3/c1-14-6-4-7-15(12-14)20(22)21-11-5-8-18(21)17-10-9-16(23-2)13-19(17)24-3/h4,6-7,9-10,12-13,18H,5,8,11H2,1-3H3. The van der Waals surface area contributed by atoms with Crippen LogP contribution in [-0.4, -0.2) is 31.6 Å². The minimum absolute atomic E-state index is 0.0406. The van der Waals surface area contributed by atoms with E-state index in [1.807, 2.05) is 54.3 Å². The Morgan fingerprint density at radius 1 is 1.12 bits per heavy atom. The van der Waals surface area contributed by atoms with Crippen molar-refractivity contribution in [1.82, 2.24) is 4.90 Å². The quantitative estimate of drug-likeness (QED) is 0.853. The van der Waals surface area contributed by atoms with Crippen LogP contribution in [0.1, 0.15) is 40.4 Å². The third-order valence-corrected chi connectivity index (χ3v) is 4.58. The number of hydrogen-bond acceptors (Lipinski definition) is 3. The number of benzene rings is 2. The first-order valence-corrected chi connectivity index (χ1v) is 8.23. The average Bonchev–Trinajstić information content (AvgIpc) is 3.09. The molecule has 126 valence electrons. The number of hydrogen-bond donors (Lipinski definition) is 0.